The van der Waals surface area contributed by atoms with Crippen molar-refractivity contribution in [1.82, 2.24) is 5.32 Å². The van der Waals surface area contributed by atoms with Crippen LogP contribution in [0.3, 0.4) is 0 Å². The minimum absolute atomic E-state index is 0.385. The van der Waals surface area contributed by atoms with E-state index in [1.54, 1.807) is 0 Å². The van der Waals surface area contributed by atoms with Crippen molar-refractivity contribution in [2.24, 2.45) is 11.3 Å². The largest absolute Gasteiger partial charge is 0.376 e. The first-order valence-corrected chi connectivity index (χ1v) is 5.76. The molecule has 1 N–H and O–H groups in total. The predicted octanol–water partition coefficient (Wildman–Crippen LogP) is 2.44. The molecule has 2 nitrogen and oxygen atoms in total. The van der Waals surface area contributed by atoms with Crippen molar-refractivity contribution >= 4 is 0 Å². The molecular formula is C12H25NO. The molecule has 0 aromatic carbocycles. The van der Waals surface area contributed by atoms with E-state index in [4.69, 9.17) is 4.74 Å². The fourth-order valence-corrected chi connectivity index (χ4v) is 2.41. The van der Waals surface area contributed by atoms with Crippen LogP contribution in [0.15, 0.2) is 0 Å². The smallest absolute Gasteiger partial charge is 0.0733 e. The van der Waals surface area contributed by atoms with Gasteiger partial charge in [-0.15, -0.1) is 0 Å². The molecule has 0 bridgehead atoms. The molecule has 2 unspecified atom stereocenters. The van der Waals surface area contributed by atoms with Crippen LogP contribution in [0.5, 0.6) is 0 Å². The lowest BCUT2D eigenvalue weighted by atomic mass is 9.87. The average molecular weight is 199 g/mol. The third kappa shape index (κ3) is 2.71. The zero-order valence-corrected chi connectivity index (χ0v) is 10.3. The topological polar surface area (TPSA) is 21.3 Å². The summed E-state index contributed by atoms with van der Waals surface area (Å²) in [5, 5.41) is 3.40. The van der Waals surface area contributed by atoms with E-state index in [-0.39, 0.29) is 0 Å². The maximum absolute atomic E-state index is 5.94. The lowest BCUT2D eigenvalue weighted by Crippen LogP contribution is -2.43. The molecule has 2 atom stereocenters. The summed E-state index contributed by atoms with van der Waals surface area (Å²) >= 11 is 0. The van der Waals surface area contributed by atoms with Gasteiger partial charge in [-0.2, -0.15) is 0 Å². The Morgan fingerprint density at radius 2 is 2.07 bits per heavy atom. The Hall–Kier alpha value is -0.0800. The van der Waals surface area contributed by atoms with Crippen LogP contribution >= 0.6 is 0 Å². The minimum Gasteiger partial charge on any atom is -0.376 e. The molecule has 1 saturated carbocycles. The molecule has 0 aromatic heterocycles. The van der Waals surface area contributed by atoms with Crippen LogP contribution in [-0.2, 0) is 4.74 Å². The second-order valence-corrected chi connectivity index (χ2v) is 5.56. The summed E-state index contributed by atoms with van der Waals surface area (Å²) in [6.07, 6.45) is 2.88. The van der Waals surface area contributed by atoms with Gasteiger partial charge in [0.2, 0.25) is 0 Å². The maximum Gasteiger partial charge on any atom is 0.0733 e. The van der Waals surface area contributed by atoms with Crippen molar-refractivity contribution in [3.05, 3.63) is 0 Å². The number of likely N-dealkylation sites (N-methyl/N-ethyl adjacent to an activating group) is 1. The fraction of sp³-hybridized carbons (Fsp3) is 1.00. The number of nitrogens with one attached hydrogen (secondary N) is 1. The van der Waals surface area contributed by atoms with Crippen LogP contribution in [0.4, 0.5) is 0 Å². The second kappa shape index (κ2) is 4.63. The van der Waals surface area contributed by atoms with Gasteiger partial charge >= 0.3 is 0 Å². The molecule has 1 fully saturated rings. The molecule has 0 saturated heterocycles. The Balaban J connectivity index is 2.46. The van der Waals surface area contributed by atoms with E-state index in [9.17, 15) is 0 Å². The van der Waals surface area contributed by atoms with Crippen LogP contribution in [-0.4, -0.2) is 25.8 Å². The van der Waals surface area contributed by atoms with Crippen LogP contribution < -0.4 is 5.32 Å². The molecule has 2 heteroatoms. The summed E-state index contributed by atoms with van der Waals surface area (Å²) in [7, 11) is 2.05. The molecule has 1 aliphatic carbocycles. The van der Waals surface area contributed by atoms with Gasteiger partial charge in [0.15, 0.2) is 0 Å². The third-order valence-corrected chi connectivity index (χ3v) is 3.24. The molecule has 14 heavy (non-hydrogen) atoms. The van der Waals surface area contributed by atoms with Crippen molar-refractivity contribution in [1.29, 1.82) is 0 Å². The average Bonchev–Trinajstić information content (AvgIpc) is 2.37. The van der Waals surface area contributed by atoms with Gasteiger partial charge < -0.3 is 10.1 Å². The summed E-state index contributed by atoms with van der Waals surface area (Å²) < 4.78 is 5.94. The SMILES string of the molecule is CNC1C(OCC(C)C)CCC1(C)C. The standard InChI is InChI=1S/C12H25NO/c1-9(2)8-14-10-6-7-12(3,4)11(10)13-5/h9-11,13H,6-8H2,1-5H3. The van der Waals surface area contributed by atoms with Crippen molar-refractivity contribution in [2.75, 3.05) is 13.7 Å². The molecule has 84 valence electrons. The summed E-state index contributed by atoms with van der Waals surface area (Å²) in [6, 6.07) is 0.515. The molecule has 0 aliphatic heterocycles. The third-order valence-electron chi connectivity index (χ3n) is 3.24. The van der Waals surface area contributed by atoms with Gasteiger partial charge in [-0.25, -0.2) is 0 Å². The van der Waals surface area contributed by atoms with E-state index in [1.165, 1.54) is 12.8 Å². The highest BCUT2D eigenvalue weighted by molar-refractivity contribution is 4.96. The molecule has 0 spiro atoms. The van der Waals surface area contributed by atoms with Gasteiger partial charge in [0, 0.05) is 12.6 Å². The van der Waals surface area contributed by atoms with Crippen LogP contribution in [0, 0.1) is 11.3 Å². The summed E-state index contributed by atoms with van der Waals surface area (Å²) in [5.74, 6) is 0.635. The van der Waals surface area contributed by atoms with Crippen molar-refractivity contribution in [3.63, 3.8) is 0 Å². The second-order valence-electron chi connectivity index (χ2n) is 5.56. The number of ether oxygens (including phenoxy) is 1. The quantitative estimate of drug-likeness (QED) is 0.751. The normalized spacial score (nSPS) is 31.3. The van der Waals surface area contributed by atoms with E-state index in [1.807, 2.05) is 7.05 Å². The number of rotatable bonds is 4. The molecular weight excluding hydrogens is 174 g/mol. The lowest BCUT2D eigenvalue weighted by Gasteiger charge is -2.30. The lowest BCUT2D eigenvalue weighted by molar-refractivity contribution is 0.0145. The zero-order chi connectivity index (χ0) is 10.8. The molecule has 1 rings (SSSR count). The highest BCUT2D eigenvalue weighted by Crippen LogP contribution is 2.38. The Kier molecular flexibility index (Phi) is 3.96. The fourth-order valence-electron chi connectivity index (χ4n) is 2.41. The Morgan fingerprint density at radius 3 is 2.57 bits per heavy atom. The van der Waals surface area contributed by atoms with Gasteiger partial charge in [-0.05, 0) is 31.2 Å². The van der Waals surface area contributed by atoms with Gasteiger partial charge in [0.05, 0.1) is 6.10 Å². The van der Waals surface area contributed by atoms with Crippen molar-refractivity contribution in [3.8, 4) is 0 Å². The van der Waals surface area contributed by atoms with E-state index >= 15 is 0 Å². The minimum atomic E-state index is 0.385. The highest BCUT2D eigenvalue weighted by Gasteiger charge is 2.41. The number of hydrogen-bond acceptors (Lipinski definition) is 2. The van der Waals surface area contributed by atoms with E-state index in [2.05, 4.69) is 33.0 Å². The van der Waals surface area contributed by atoms with Gasteiger partial charge in [-0.1, -0.05) is 27.7 Å². The summed E-state index contributed by atoms with van der Waals surface area (Å²) in [6.45, 7) is 9.95. The summed E-state index contributed by atoms with van der Waals surface area (Å²) in [4.78, 5) is 0. The highest BCUT2D eigenvalue weighted by atomic mass is 16.5. The Bertz CT molecular complexity index is 177. The Labute approximate surface area is 88.4 Å². The Morgan fingerprint density at radius 1 is 1.43 bits per heavy atom. The van der Waals surface area contributed by atoms with E-state index in [0.717, 1.165) is 6.61 Å². The van der Waals surface area contributed by atoms with E-state index < -0.39 is 0 Å². The summed E-state index contributed by atoms with van der Waals surface area (Å²) in [5.41, 5.74) is 0.385. The van der Waals surface area contributed by atoms with Crippen LogP contribution in [0.2, 0.25) is 0 Å². The maximum atomic E-state index is 5.94. The first kappa shape index (κ1) is 12.0. The van der Waals surface area contributed by atoms with E-state index in [0.29, 0.717) is 23.5 Å². The first-order chi connectivity index (χ1) is 6.47. The molecule has 0 aromatic rings. The van der Waals surface area contributed by atoms with Crippen molar-refractivity contribution < 1.29 is 4.74 Å². The molecule has 0 radical (unpaired) electrons. The van der Waals surface area contributed by atoms with Gasteiger partial charge in [0.1, 0.15) is 0 Å². The molecule has 0 amide bonds. The monoisotopic (exact) mass is 199 g/mol. The molecule has 0 heterocycles. The van der Waals surface area contributed by atoms with Crippen LogP contribution in [0.1, 0.15) is 40.5 Å². The van der Waals surface area contributed by atoms with Gasteiger partial charge in [-0.3, -0.25) is 0 Å². The zero-order valence-electron chi connectivity index (χ0n) is 10.3. The predicted molar refractivity (Wildman–Crippen MR) is 60.4 cm³/mol. The van der Waals surface area contributed by atoms with Crippen molar-refractivity contribution in [2.45, 2.75) is 52.7 Å². The number of hydrogen-bond donors (Lipinski definition) is 1. The van der Waals surface area contributed by atoms with Crippen LogP contribution in [0.25, 0.3) is 0 Å². The first-order valence-electron chi connectivity index (χ1n) is 5.76. The van der Waals surface area contributed by atoms with Gasteiger partial charge in [0.25, 0.3) is 0 Å². The molecule has 1 aliphatic rings.